The average Bonchev–Trinajstić information content (AvgIpc) is 3.14. The molecule has 9 heteroatoms. The zero-order valence-corrected chi connectivity index (χ0v) is 26.8. The van der Waals surface area contributed by atoms with Gasteiger partial charge in [0.2, 0.25) is 0 Å². The molecule has 6 rings (SSSR count). The van der Waals surface area contributed by atoms with Crippen molar-refractivity contribution in [3.05, 3.63) is 162 Å². The topological polar surface area (TPSA) is 114 Å². The third-order valence-corrected chi connectivity index (χ3v) is 11.3. The van der Waals surface area contributed by atoms with Crippen LogP contribution in [0.3, 0.4) is 0 Å². The summed E-state index contributed by atoms with van der Waals surface area (Å²) in [6.07, 6.45) is -2.08. The summed E-state index contributed by atoms with van der Waals surface area (Å²) in [5, 5.41) is 44.4. The molecule has 4 N–H and O–H groups in total. The molecule has 0 amide bonds. The van der Waals surface area contributed by atoms with Crippen molar-refractivity contribution in [1.82, 2.24) is 9.34 Å². The fourth-order valence-corrected chi connectivity index (χ4v) is 8.98. The lowest BCUT2D eigenvalue weighted by molar-refractivity contribution is -0.0408. The van der Waals surface area contributed by atoms with E-state index < -0.39 is 32.0 Å². The maximum absolute atomic E-state index is 16.2. The lowest BCUT2D eigenvalue weighted by atomic mass is 9.91. The summed E-state index contributed by atoms with van der Waals surface area (Å²) in [6, 6.07) is 39.8. The van der Waals surface area contributed by atoms with E-state index in [0.29, 0.717) is 5.75 Å². The molecule has 1 fully saturated rings. The molecule has 1 heterocycles. The minimum absolute atomic E-state index is 0.0931. The van der Waals surface area contributed by atoms with E-state index in [0.717, 1.165) is 22.3 Å². The van der Waals surface area contributed by atoms with Crippen molar-refractivity contribution in [3.63, 3.8) is 0 Å². The maximum atomic E-state index is 16.2. The Labute approximate surface area is 275 Å². The minimum atomic E-state index is -4.19. The van der Waals surface area contributed by atoms with Crippen LogP contribution in [0, 0.1) is 0 Å². The minimum Gasteiger partial charge on any atom is -0.508 e. The molecule has 0 spiro atoms. The highest BCUT2D eigenvalue weighted by Gasteiger charge is 2.55. The molecule has 4 atom stereocenters. The molecule has 0 unspecified atom stereocenters. The lowest BCUT2D eigenvalue weighted by Crippen LogP contribution is -2.50. The molecule has 0 saturated carbocycles. The SMILES string of the molecule is O=P1(Oc2ccccc2)N(Cc2ccc(O)cc2)[C@@H](Cc2ccccc2)[C@@H](O)[C@H](O)[C@H](Cc2ccccc2)N1Cc1ccc(O)cc1. The molecular weight excluding hydrogens is 611 g/mol. The van der Waals surface area contributed by atoms with E-state index in [4.69, 9.17) is 4.52 Å². The predicted octanol–water partition coefficient (Wildman–Crippen LogP) is 6.55. The van der Waals surface area contributed by atoms with Crippen molar-refractivity contribution in [3.8, 4) is 17.2 Å². The third-order valence-electron chi connectivity index (χ3n) is 8.66. The van der Waals surface area contributed by atoms with Crippen molar-refractivity contribution < 1.29 is 29.5 Å². The van der Waals surface area contributed by atoms with Crippen LogP contribution in [0.25, 0.3) is 0 Å². The molecule has 0 bridgehead atoms. The van der Waals surface area contributed by atoms with Crippen LogP contribution >= 0.6 is 7.67 Å². The van der Waals surface area contributed by atoms with Gasteiger partial charge in [0.15, 0.2) is 0 Å². The zero-order valence-electron chi connectivity index (χ0n) is 25.9. The molecule has 47 heavy (non-hydrogen) atoms. The zero-order chi connectivity index (χ0) is 32.8. The van der Waals surface area contributed by atoms with Crippen molar-refractivity contribution in [1.29, 1.82) is 0 Å². The van der Waals surface area contributed by atoms with Gasteiger partial charge in [-0.3, -0.25) is 0 Å². The quantitative estimate of drug-likeness (QED) is 0.126. The number of hydrogen-bond acceptors (Lipinski definition) is 6. The van der Waals surface area contributed by atoms with Gasteiger partial charge in [0.1, 0.15) is 17.2 Å². The van der Waals surface area contributed by atoms with Crippen molar-refractivity contribution in [2.24, 2.45) is 0 Å². The third kappa shape index (κ3) is 7.60. The standard InChI is InChI=1S/C38H39N2O6P/c41-32-20-16-30(17-21-32)26-39-35(24-28-10-4-1-5-11-28)37(43)38(44)36(25-29-12-6-2-7-13-29)40(27-31-18-22-33(42)23-19-31)47(39,45)46-34-14-8-3-9-15-34/h1-23,35-38,41-44H,24-27H2/t35-,36-,37+,38+/m0/s1. The van der Waals surface area contributed by atoms with E-state index in [2.05, 4.69) is 0 Å². The van der Waals surface area contributed by atoms with E-state index >= 15 is 4.57 Å². The Balaban J connectivity index is 1.56. The van der Waals surface area contributed by atoms with Crippen LogP contribution in [0.5, 0.6) is 17.2 Å². The molecule has 5 aromatic carbocycles. The Kier molecular flexibility index (Phi) is 10.1. The molecule has 0 radical (unpaired) electrons. The number of phenolic OH excluding ortho intramolecular Hbond substituents is 2. The van der Waals surface area contributed by atoms with Gasteiger partial charge in [-0.15, -0.1) is 0 Å². The number of aromatic hydroxyl groups is 2. The summed E-state index contributed by atoms with van der Waals surface area (Å²) >= 11 is 0. The second-order valence-corrected chi connectivity index (χ2v) is 14.1. The Hall–Kier alpha value is -4.43. The van der Waals surface area contributed by atoms with E-state index in [1.54, 1.807) is 82.1 Å². The van der Waals surface area contributed by atoms with Gasteiger partial charge in [-0.1, -0.05) is 103 Å². The van der Waals surface area contributed by atoms with Crippen LogP contribution < -0.4 is 4.52 Å². The Morgan fingerprint density at radius 1 is 0.511 bits per heavy atom. The molecular formula is C38H39N2O6P. The van der Waals surface area contributed by atoms with Crippen LogP contribution in [-0.4, -0.2) is 54.1 Å². The van der Waals surface area contributed by atoms with Crippen molar-refractivity contribution >= 4 is 7.67 Å². The molecule has 0 aromatic heterocycles. The van der Waals surface area contributed by atoms with Crippen LogP contribution in [0.15, 0.2) is 140 Å². The fraction of sp³-hybridized carbons (Fsp3) is 0.211. The number of nitrogens with zero attached hydrogens (tertiary/aromatic N) is 2. The highest BCUT2D eigenvalue weighted by molar-refractivity contribution is 7.54. The molecule has 0 aliphatic carbocycles. The maximum Gasteiger partial charge on any atom is 0.397 e. The van der Waals surface area contributed by atoms with Crippen molar-refractivity contribution in [2.75, 3.05) is 0 Å². The summed E-state index contributed by atoms with van der Waals surface area (Å²) in [5.41, 5.74) is 3.28. The summed E-state index contributed by atoms with van der Waals surface area (Å²) in [4.78, 5) is 0. The summed E-state index contributed by atoms with van der Waals surface area (Å²) in [5.74, 6) is 0.577. The fourth-order valence-electron chi connectivity index (χ4n) is 6.21. The Morgan fingerprint density at radius 2 is 0.872 bits per heavy atom. The predicted molar refractivity (Wildman–Crippen MR) is 182 cm³/mol. The molecule has 1 aliphatic rings. The lowest BCUT2D eigenvalue weighted by Gasteiger charge is -2.41. The first-order valence-corrected chi connectivity index (χ1v) is 17.2. The number of aliphatic hydroxyl groups excluding tert-OH is 2. The highest BCUT2D eigenvalue weighted by Crippen LogP contribution is 2.60. The van der Waals surface area contributed by atoms with Crippen LogP contribution in [0.1, 0.15) is 22.3 Å². The second-order valence-electron chi connectivity index (χ2n) is 11.9. The van der Waals surface area contributed by atoms with E-state index in [1.807, 2.05) is 66.7 Å². The number of rotatable bonds is 10. The molecule has 5 aromatic rings. The summed E-state index contributed by atoms with van der Waals surface area (Å²) in [7, 11) is -4.19. The largest absolute Gasteiger partial charge is 0.508 e. The van der Waals surface area contributed by atoms with Crippen molar-refractivity contribution in [2.45, 2.75) is 50.2 Å². The van der Waals surface area contributed by atoms with E-state index in [1.165, 1.54) is 0 Å². The molecule has 1 aliphatic heterocycles. The van der Waals surface area contributed by atoms with Gasteiger partial charge in [0.25, 0.3) is 0 Å². The number of hydrogen-bond donors (Lipinski definition) is 4. The van der Waals surface area contributed by atoms with Gasteiger partial charge < -0.3 is 24.9 Å². The molecule has 1 saturated heterocycles. The van der Waals surface area contributed by atoms with E-state index in [9.17, 15) is 20.4 Å². The van der Waals surface area contributed by atoms with Crippen LogP contribution in [-0.2, 0) is 30.5 Å². The monoisotopic (exact) mass is 650 g/mol. The summed E-state index contributed by atoms with van der Waals surface area (Å²) in [6.45, 7) is 0.186. The van der Waals surface area contributed by atoms with Crippen LogP contribution in [0.4, 0.5) is 0 Å². The van der Waals surface area contributed by atoms with Gasteiger partial charge in [0, 0.05) is 13.1 Å². The first-order chi connectivity index (χ1) is 22.8. The first-order valence-electron chi connectivity index (χ1n) is 15.7. The van der Waals surface area contributed by atoms with Gasteiger partial charge in [-0.05, 0) is 71.5 Å². The van der Waals surface area contributed by atoms with Gasteiger partial charge in [-0.25, -0.2) is 4.57 Å². The van der Waals surface area contributed by atoms with Gasteiger partial charge in [-0.2, -0.15) is 9.34 Å². The van der Waals surface area contributed by atoms with Gasteiger partial charge in [0.05, 0.1) is 24.3 Å². The number of para-hydroxylation sites is 1. The summed E-state index contributed by atoms with van der Waals surface area (Å²) < 4.78 is 26.3. The number of aliphatic hydroxyl groups is 2. The highest BCUT2D eigenvalue weighted by atomic mass is 31.2. The smallest absolute Gasteiger partial charge is 0.397 e. The van der Waals surface area contributed by atoms with Crippen LogP contribution in [0.2, 0.25) is 0 Å². The molecule has 242 valence electrons. The average molecular weight is 651 g/mol. The van der Waals surface area contributed by atoms with E-state index in [-0.39, 0.29) is 37.4 Å². The Morgan fingerprint density at radius 3 is 1.26 bits per heavy atom. The van der Waals surface area contributed by atoms with Gasteiger partial charge >= 0.3 is 7.67 Å². The number of phenols is 2. The Bertz CT molecular complexity index is 1650. The first kappa shape index (κ1) is 32.5. The normalized spacial score (nSPS) is 23.6. The number of benzene rings is 5. The molecule has 8 nitrogen and oxygen atoms in total. The second kappa shape index (κ2) is 14.6.